The van der Waals surface area contributed by atoms with Crippen molar-refractivity contribution in [1.29, 1.82) is 0 Å². The first-order valence-corrected chi connectivity index (χ1v) is 11.3. The first kappa shape index (κ1) is 21.6. The number of hydrogen-bond acceptors (Lipinski definition) is 9. The van der Waals surface area contributed by atoms with E-state index in [0.29, 0.717) is 23.3 Å². The van der Waals surface area contributed by atoms with Crippen LogP contribution in [0.3, 0.4) is 0 Å². The molecule has 0 aliphatic rings. The fourth-order valence-corrected chi connectivity index (χ4v) is 4.13. The molecule has 0 radical (unpaired) electrons. The van der Waals surface area contributed by atoms with Crippen LogP contribution in [0, 0.1) is 6.92 Å². The largest absolute Gasteiger partial charge is 0.493 e. The van der Waals surface area contributed by atoms with Gasteiger partial charge in [0.1, 0.15) is 0 Å². The van der Waals surface area contributed by atoms with Crippen molar-refractivity contribution in [2.75, 3.05) is 12.5 Å². The van der Waals surface area contributed by atoms with Crippen molar-refractivity contribution >= 4 is 32.9 Å². The van der Waals surface area contributed by atoms with E-state index in [0.717, 1.165) is 32.0 Å². The number of thiazole rings is 1. The highest BCUT2D eigenvalue weighted by Gasteiger charge is 2.11. The molecule has 0 aliphatic heterocycles. The van der Waals surface area contributed by atoms with Crippen LogP contribution in [-0.2, 0) is 6.61 Å². The fraction of sp³-hybridized carbons (Fsp3) is 0.120. The number of benzene rings is 3. The molecule has 2 heterocycles. The summed E-state index contributed by atoms with van der Waals surface area (Å²) in [4.78, 5) is 4.50. The van der Waals surface area contributed by atoms with Gasteiger partial charge in [0.05, 0.1) is 23.5 Å². The molecule has 0 amide bonds. The standard InChI is InChI=1S/C25H21N5O3S/c1-16-6-5-7-18(12-16)24-29-28-23(33-24)15-32-20-11-10-17(13-21(20)31-2)14-26-30-25-27-19-8-3-4-9-22(19)34-25/h3-14H,15H2,1-2H3,(H,27,30)/b26-14+. The summed E-state index contributed by atoms with van der Waals surface area (Å²) in [6.45, 7) is 2.14. The van der Waals surface area contributed by atoms with Gasteiger partial charge in [0.2, 0.25) is 11.0 Å². The number of fused-ring (bicyclic) bond motifs is 1. The minimum Gasteiger partial charge on any atom is -0.493 e. The average Bonchev–Trinajstić information content (AvgIpc) is 3.50. The van der Waals surface area contributed by atoms with E-state index < -0.39 is 0 Å². The minimum absolute atomic E-state index is 0.127. The van der Waals surface area contributed by atoms with E-state index >= 15 is 0 Å². The second kappa shape index (κ2) is 9.72. The molecule has 2 aromatic heterocycles. The van der Waals surface area contributed by atoms with E-state index in [9.17, 15) is 0 Å². The summed E-state index contributed by atoms with van der Waals surface area (Å²) < 4.78 is 18.2. The van der Waals surface area contributed by atoms with E-state index in [-0.39, 0.29) is 6.61 Å². The maximum Gasteiger partial charge on any atom is 0.254 e. The molecule has 9 heteroatoms. The van der Waals surface area contributed by atoms with Gasteiger partial charge in [-0.25, -0.2) is 4.98 Å². The van der Waals surface area contributed by atoms with Crippen molar-refractivity contribution in [2.24, 2.45) is 5.10 Å². The summed E-state index contributed by atoms with van der Waals surface area (Å²) >= 11 is 1.55. The van der Waals surface area contributed by atoms with Gasteiger partial charge in [-0.05, 0) is 55.0 Å². The van der Waals surface area contributed by atoms with Gasteiger partial charge in [-0.3, -0.25) is 5.43 Å². The Hall–Kier alpha value is -4.24. The molecule has 1 N–H and O–H groups in total. The van der Waals surface area contributed by atoms with Gasteiger partial charge in [0.25, 0.3) is 5.89 Å². The van der Waals surface area contributed by atoms with Crippen molar-refractivity contribution in [1.82, 2.24) is 15.2 Å². The Morgan fingerprint density at radius 2 is 1.94 bits per heavy atom. The molecular weight excluding hydrogens is 450 g/mol. The highest BCUT2D eigenvalue weighted by molar-refractivity contribution is 7.22. The SMILES string of the molecule is COc1cc(/C=N/Nc2nc3ccccc3s2)ccc1OCc1nnc(-c2cccc(C)c2)o1. The molecule has 5 aromatic rings. The van der Waals surface area contributed by atoms with Crippen molar-refractivity contribution in [2.45, 2.75) is 13.5 Å². The number of hydrazone groups is 1. The van der Waals surface area contributed by atoms with Gasteiger partial charge in [-0.2, -0.15) is 5.10 Å². The van der Waals surface area contributed by atoms with Crippen LogP contribution in [0.1, 0.15) is 17.0 Å². The second-order valence-electron chi connectivity index (χ2n) is 7.43. The molecule has 0 atom stereocenters. The van der Waals surface area contributed by atoms with Crippen molar-refractivity contribution in [3.05, 3.63) is 83.7 Å². The topological polar surface area (TPSA) is 94.7 Å². The van der Waals surface area contributed by atoms with Crippen LogP contribution in [0.2, 0.25) is 0 Å². The predicted molar refractivity (Wildman–Crippen MR) is 133 cm³/mol. The number of para-hydroxylation sites is 1. The average molecular weight is 472 g/mol. The van der Waals surface area contributed by atoms with E-state index in [4.69, 9.17) is 13.9 Å². The normalized spacial score (nSPS) is 11.2. The van der Waals surface area contributed by atoms with Crippen molar-refractivity contribution in [3.8, 4) is 23.0 Å². The van der Waals surface area contributed by atoms with E-state index in [1.54, 1.807) is 24.7 Å². The first-order valence-electron chi connectivity index (χ1n) is 10.5. The maximum absolute atomic E-state index is 5.86. The minimum atomic E-state index is 0.127. The molecule has 0 fully saturated rings. The summed E-state index contributed by atoms with van der Waals surface area (Å²) in [5, 5.41) is 13.2. The van der Waals surface area contributed by atoms with Gasteiger partial charge in [0.15, 0.2) is 18.1 Å². The number of ether oxygens (including phenoxy) is 2. The van der Waals surface area contributed by atoms with Crippen LogP contribution in [0.5, 0.6) is 11.5 Å². The summed E-state index contributed by atoms with van der Waals surface area (Å²) in [5.41, 5.74) is 6.76. The lowest BCUT2D eigenvalue weighted by molar-refractivity contribution is 0.251. The number of hydrogen-bond donors (Lipinski definition) is 1. The first-order chi connectivity index (χ1) is 16.7. The van der Waals surface area contributed by atoms with Gasteiger partial charge < -0.3 is 13.9 Å². The molecular formula is C25H21N5O3S. The van der Waals surface area contributed by atoms with Gasteiger partial charge in [-0.1, -0.05) is 41.2 Å². The zero-order valence-electron chi connectivity index (χ0n) is 18.6. The third kappa shape index (κ3) is 4.89. The second-order valence-corrected chi connectivity index (χ2v) is 8.46. The fourth-order valence-electron chi connectivity index (χ4n) is 3.31. The zero-order chi connectivity index (χ0) is 23.3. The number of nitrogens with one attached hydrogen (secondary N) is 1. The number of methoxy groups -OCH3 is 1. The van der Waals surface area contributed by atoms with Crippen LogP contribution in [0.25, 0.3) is 21.7 Å². The van der Waals surface area contributed by atoms with Gasteiger partial charge >= 0.3 is 0 Å². The summed E-state index contributed by atoms with van der Waals surface area (Å²) in [5.74, 6) is 1.97. The Kier molecular flexibility index (Phi) is 6.17. The van der Waals surface area contributed by atoms with Crippen molar-refractivity contribution in [3.63, 3.8) is 0 Å². The number of rotatable bonds is 8. The Morgan fingerprint density at radius 1 is 1.03 bits per heavy atom. The lowest BCUT2D eigenvalue weighted by Crippen LogP contribution is -1.99. The molecule has 0 aliphatic carbocycles. The number of aromatic nitrogens is 3. The molecule has 0 saturated heterocycles. The van der Waals surface area contributed by atoms with Crippen LogP contribution in [0.4, 0.5) is 5.13 Å². The molecule has 0 saturated carbocycles. The number of aryl methyl sites for hydroxylation is 1. The number of nitrogens with zero attached hydrogens (tertiary/aromatic N) is 4. The van der Waals surface area contributed by atoms with Gasteiger partial charge in [0, 0.05) is 5.56 Å². The van der Waals surface area contributed by atoms with Crippen LogP contribution in [-0.4, -0.2) is 28.5 Å². The molecule has 0 bridgehead atoms. The number of anilines is 1. The molecule has 8 nitrogen and oxygen atoms in total. The van der Waals surface area contributed by atoms with E-state index in [1.165, 1.54) is 0 Å². The Labute approximate surface area is 199 Å². The van der Waals surface area contributed by atoms with Crippen LogP contribution in [0.15, 0.2) is 76.2 Å². The third-order valence-electron chi connectivity index (χ3n) is 4.94. The lowest BCUT2D eigenvalue weighted by Gasteiger charge is -2.09. The summed E-state index contributed by atoms with van der Waals surface area (Å²) in [6.07, 6.45) is 1.70. The quantitative estimate of drug-likeness (QED) is 0.229. The zero-order valence-corrected chi connectivity index (χ0v) is 19.4. The smallest absolute Gasteiger partial charge is 0.254 e. The molecule has 5 rings (SSSR count). The molecule has 170 valence electrons. The predicted octanol–water partition coefficient (Wildman–Crippen LogP) is 5.69. The molecule has 0 unspecified atom stereocenters. The van der Waals surface area contributed by atoms with Gasteiger partial charge in [-0.15, -0.1) is 10.2 Å². The highest BCUT2D eigenvalue weighted by atomic mass is 32.1. The lowest BCUT2D eigenvalue weighted by atomic mass is 10.1. The maximum atomic E-state index is 5.86. The highest BCUT2D eigenvalue weighted by Crippen LogP contribution is 2.29. The van der Waals surface area contributed by atoms with Crippen LogP contribution >= 0.6 is 11.3 Å². The Bertz CT molecular complexity index is 1430. The Balaban J connectivity index is 1.22. The summed E-state index contributed by atoms with van der Waals surface area (Å²) in [7, 11) is 1.59. The molecule has 0 spiro atoms. The molecule has 3 aromatic carbocycles. The molecule has 34 heavy (non-hydrogen) atoms. The van der Waals surface area contributed by atoms with Crippen LogP contribution < -0.4 is 14.9 Å². The summed E-state index contributed by atoms with van der Waals surface area (Å²) in [6, 6.07) is 21.4. The van der Waals surface area contributed by atoms with E-state index in [2.05, 4.69) is 25.7 Å². The van der Waals surface area contributed by atoms with E-state index in [1.807, 2.05) is 73.7 Å². The third-order valence-corrected chi connectivity index (χ3v) is 5.88. The Morgan fingerprint density at radius 3 is 2.79 bits per heavy atom. The monoisotopic (exact) mass is 471 g/mol. The van der Waals surface area contributed by atoms with Crippen molar-refractivity contribution < 1.29 is 13.9 Å².